The average Bonchev–Trinajstić information content (AvgIpc) is 3.13. The van der Waals surface area contributed by atoms with Gasteiger partial charge in [0.2, 0.25) is 0 Å². The normalized spacial score (nSPS) is 12.3. The summed E-state index contributed by atoms with van der Waals surface area (Å²) in [6.07, 6.45) is 5.24. The summed E-state index contributed by atoms with van der Waals surface area (Å²) in [4.78, 5) is 12.0. The number of nitrogens with one attached hydrogen (secondary N) is 1. The first-order valence-corrected chi connectivity index (χ1v) is 7.46. The molecular weight excluding hydrogens is 284 g/mol. The zero-order valence-electron chi connectivity index (χ0n) is 13.0. The van der Waals surface area contributed by atoms with Gasteiger partial charge in [0.05, 0.1) is 6.20 Å². The molecule has 2 rings (SSSR count). The number of aliphatic hydroxyl groups excluding tert-OH is 1. The Morgan fingerprint density at radius 2 is 2.36 bits per heavy atom. The predicted octanol–water partition coefficient (Wildman–Crippen LogP) is 1.37. The largest absolute Gasteiger partial charge is 0.396 e. The molecular formula is C15H22N4O3. The Kier molecular flexibility index (Phi) is 5.71. The van der Waals surface area contributed by atoms with E-state index in [0.29, 0.717) is 25.3 Å². The molecule has 0 saturated carbocycles. The predicted molar refractivity (Wildman–Crippen MR) is 80.4 cm³/mol. The summed E-state index contributed by atoms with van der Waals surface area (Å²) in [5, 5.41) is 19.7. The maximum atomic E-state index is 12.0. The summed E-state index contributed by atoms with van der Waals surface area (Å²) in [6.45, 7) is 5.09. The van der Waals surface area contributed by atoms with Crippen molar-refractivity contribution in [2.75, 3.05) is 13.2 Å². The Bertz CT molecular complexity index is 605. The smallest absolute Gasteiger partial charge is 0.273 e. The number of rotatable bonds is 8. The topological polar surface area (TPSA) is 93.2 Å². The van der Waals surface area contributed by atoms with Crippen molar-refractivity contribution in [3.8, 4) is 0 Å². The van der Waals surface area contributed by atoms with Gasteiger partial charge in [-0.05, 0) is 24.8 Å². The van der Waals surface area contributed by atoms with Crippen LogP contribution in [0.5, 0.6) is 0 Å². The van der Waals surface area contributed by atoms with Gasteiger partial charge >= 0.3 is 0 Å². The van der Waals surface area contributed by atoms with Crippen molar-refractivity contribution in [1.29, 1.82) is 0 Å². The van der Waals surface area contributed by atoms with Crippen LogP contribution in [0.2, 0.25) is 0 Å². The Morgan fingerprint density at radius 3 is 3.00 bits per heavy atom. The van der Waals surface area contributed by atoms with Gasteiger partial charge in [-0.1, -0.05) is 18.5 Å². The lowest BCUT2D eigenvalue weighted by atomic mass is 10.0. The minimum absolute atomic E-state index is 0.131. The number of carbonyl (C=O) groups excluding carboxylic acids is 1. The SMILES string of the molecule is CCC(CCO)CNC(=O)c1cc(Cn2cc(C)cn2)on1. The van der Waals surface area contributed by atoms with E-state index in [9.17, 15) is 4.79 Å². The van der Waals surface area contributed by atoms with Crippen molar-refractivity contribution >= 4 is 5.91 Å². The third-order valence-corrected chi connectivity index (χ3v) is 3.54. The summed E-state index contributed by atoms with van der Waals surface area (Å²) in [5.41, 5.74) is 1.32. The first kappa shape index (κ1) is 16.2. The summed E-state index contributed by atoms with van der Waals surface area (Å²) >= 11 is 0. The van der Waals surface area contributed by atoms with Gasteiger partial charge in [0.25, 0.3) is 5.91 Å². The molecule has 2 aromatic rings. The van der Waals surface area contributed by atoms with Crippen molar-refractivity contribution in [2.24, 2.45) is 5.92 Å². The van der Waals surface area contributed by atoms with Crippen LogP contribution in [0.4, 0.5) is 0 Å². The fourth-order valence-electron chi connectivity index (χ4n) is 2.17. The number of aromatic nitrogens is 3. The second-order valence-corrected chi connectivity index (χ2v) is 5.39. The molecule has 2 heterocycles. The number of carbonyl (C=O) groups is 1. The van der Waals surface area contributed by atoms with E-state index >= 15 is 0 Å². The van der Waals surface area contributed by atoms with Crippen LogP contribution in [-0.2, 0) is 6.54 Å². The monoisotopic (exact) mass is 306 g/mol. The van der Waals surface area contributed by atoms with Crippen LogP contribution in [0.25, 0.3) is 0 Å². The van der Waals surface area contributed by atoms with Crippen LogP contribution in [-0.4, -0.2) is 39.1 Å². The van der Waals surface area contributed by atoms with E-state index in [0.717, 1.165) is 12.0 Å². The van der Waals surface area contributed by atoms with Crippen LogP contribution in [0, 0.1) is 12.8 Å². The van der Waals surface area contributed by atoms with E-state index in [1.807, 2.05) is 20.0 Å². The molecule has 0 aliphatic rings. The van der Waals surface area contributed by atoms with Crippen molar-refractivity contribution in [3.63, 3.8) is 0 Å². The van der Waals surface area contributed by atoms with Crippen LogP contribution >= 0.6 is 0 Å². The standard InChI is InChI=1S/C15H22N4O3/c1-3-12(4-5-20)8-16-15(21)14-6-13(22-18-14)10-19-9-11(2)7-17-19/h6-7,9,12,20H,3-5,8,10H2,1-2H3,(H,16,21). The quantitative estimate of drug-likeness (QED) is 0.768. The molecule has 2 aromatic heterocycles. The van der Waals surface area contributed by atoms with E-state index in [-0.39, 0.29) is 24.1 Å². The Morgan fingerprint density at radius 1 is 1.55 bits per heavy atom. The Hall–Kier alpha value is -2.15. The minimum Gasteiger partial charge on any atom is -0.396 e. The maximum Gasteiger partial charge on any atom is 0.273 e. The third kappa shape index (κ3) is 4.42. The maximum absolute atomic E-state index is 12.0. The lowest BCUT2D eigenvalue weighted by Crippen LogP contribution is -2.29. The Labute approximate surface area is 129 Å². The fourth-order valence-corrected chi connectivity index (χ4v) is 2.17. The highest BCUT2D eigenvalue weighted by molar-refractivity contribution is 5.92. The number of nitrogens with zero attached hydrogens (tertiary/aromatic N) is 3. The van der Waals surface area contributed by atoms with Gasteiger partial charge in [0, 0.05) is 25.4 Å². The van der Waals surface area contributed by atoms with Crippen molar-refractivity contribution in [2.45, 2.75) is 33.2 Å². The Balaban J connectivity index is 1.88. The molecule has 1 atom stereocenters. The fraction of sp³-hybridized carbons (Fsp3) is 0.533. The van der Waals surface area contributed by atoms with E-state index in [1.165, 1.54) is 0 Å². The van der Waals surface area contributed by atoms with Crippen LogP contribution in [0.1, 0.15) is 41.6 Å². The number of aryl methyl sites for hydroxylation is 1. The third-order valence-electron chi connectivity index (χ3n) is 3.54. The lowest BCUT2D eigenvalue weighted by molar-refractivity contribution is 0.0934. The second kappa shape index (κ2) is 7.74. The van der Waals surface area contributed by atoms with Crippen LogP contribution in [0.15, 0.2) is 23.0 Å². The molecule has 0 saturated heterocycles. The molecule has 0 aromatic carbocycles. The van der Waals surface area contributed by atoms with E-state index < -0.39 is 0 Å². The van der Waals surface area contributed by atoms with E-state index in [4.69, 9.17) is 9.63 Å². The van der Waals surface area contributed by atoms with Crippen molar-refractivity contribution in [3.05, 3.63) is 35.5 Å². The van der Waals surface area contributed by atoms with Crippen molar-refractivity contribution < 1.29 is 14.4 Å². The molecule has 120 valence electrons. The molecule has 22 heavy (non-hydrogen) atoms. The van der Waals surface area contributed by atoms with Gasteiger partial charge < -0.3 is 14.9 Å². The van der Waals surface area contributed by atoms with Gasteiger partial charge in [-0.3, -0.25) is 9.48 Å². The molecule has 0 spiro atoms. The zero-order chi connectivity index (χ0) is 15.9. The number of hydrogen-bond acceptors (Lipinski definition) is 5. The van der Waals surface area contributed by atoms with Gasteiger partial charge in [-0.25, -0.2) is 0 Å². The lowest BCUT2D eigenvalue weighted by Gasteiger charge is -2.13. The average molecular weight is 306 g/mol. The van der Waals surface area contributed by atoms with Crippen LogP contribution in [0.3, 0.4) is 0 Å². The molecule has 1 amide bonds. The van der Waals surface area contributed by atoms with Crippen LogP contribution < -0.4 is 5.32 Å². The minimum atomic E-state index is -0.261. The highest BCUT2D eigenvalue weighted by Crippen LogP contribution is 2.08. The summed E-state index contributed by atoms with van der Waals surface area (Å²) in [5.74, 6) is 0.589. The molecule has 0 bridgehead atoms. The molecule has 0 radical (unpaired) electrons. The highest BCUT2D eigenvalue weighted by Gasteiger charge is 2.14. The first-order valence-electron chi connectivity index (χ1n) is 7.46. The molecule has 2 N–H and O–H groups in total. The number of amides is 1. The van der Waals surface area contributed by atoms with E-state index in [1.54, 1.807) is 16.9 Å². The molecule has 0 fully saturated rings. The van der Waals surface area contributed by atoms with Gasteiger partial charge in [-0.2, -0.15) is 5.10 Å². The summed E-state index contributed by atoms with van der Waals surface area (Å²) in [6, 6.07) is 1.62. The summed E-state index contributed by atoms with van der Waals surface area (Å²) < 4.78 is 6.90. The van der Waals surface area contributed by atoms with Gasteiger partial charge in [0.1, 0.15) is 6.54 Å². The van der Waals surface area contributed by atoms with E-state index in [2.05, 4.69) is 15.6 Å². The highest BCUT2D eigenvalue weighted by atomic mass is 16.5. The zero-order valence-corrected chi connectivity index (χ0v) is 13.0. The summed E-state index contributed by atoms with van der Waals surface area (Å²) in [7, 11) is 0. The van der Waals surface area contributed by atoms with Crippen molar-refractivity contribution in [1.82, 2.24) is 20.3 Å². The van der Waals surface area contributed by atoms with Gasteiger partial charge in [-0.15, -0.1) is 0 Å². The molecule has 1 unspecified atom stereocenters. The number of hydrogen-bond donors (Lipinski definition) is 2. The molecule has 7 heteroatoms. The van der Waals surface area contributed by atoms with Gasteiger partial charge in [0.15, 0.2) is 11.5 Å². The first-order chi connectivity index (χ1) is 10.6. The number of aliphatic hydroxyl groups is 1. The molecule has 0 aliphatic heterocycles. The second-order valence-electron chi connectivity index (χ2n) is 5.39. The molecule has 7 nitrogen and oxygen atoms in total. The molecule has 0 aliphatic carbocycles.